The van der Waals surface area contributed by atoms with Gasteiger partial charge in [-0.15, -0.1) is 11.6 Å². The first-order valence-corrected chi connectivity index (χ1v) is 5.75. The van der Waals surface area contributed by atoms with Crippen LogP contribution in [0.2, 0.25) is 5.02 Å². The zero-order valence-corrected chi connectivity index (χ0v) is 10.9. The van der Waals surface area contributed by atoms with Crippen LogP contribution in [0.3, 0.4) is 0 Å². The first-order chi connectivity index (χ1) is 8.96. The summed E-state index contributed by atoms with van der Waals surface area (Å²) in [4.78, 5) is 3.37. The van der Waals surface area contributed by atoms with E-state index in [4.69, 9.17) is 28.9 Å². The van der Waals surface area contributed by atoms with Crippen molar-refractivity contribution in [2.75, 3.05) is 5.88 Å². The topological polar surface area (TPSA) is 38.4 Å². The van der Waals surface area contributed by atoms with E-state index in [9.17, 15) is 26.3 Å². The van der Waals surface area contributed by atoms with Gasteiger partial charge in [0.15, 0.2) is 0 Å². The van der Waals surface area contributed by atoms with Gasteiger partial charge in [-0.3, -0.25) is 0 Å². The second-order valence-electron chi connectivity index (χ2n) is 3.59. The summed E-state index contributed by atoms with van der Waals surface area (Å²) in [6.45, 7) is 0. The summed E-state index contributed by atoms with van der Waals surface area (Å²) in [5, 5.41) is -1.44. The summed E-state index contributed by atoms with van der Waals surface area (Å²) in [7, 11) is 0. The number of halogens is 8. The quantitative estimate of drug-likeness (QED) is 0.364. The summed E-state index contributed by atoms with van der Waals surface area (Å²) >= 11 is 10.4. The first kappa shape index (κ1) is 16.9. The van der Waals surface area contributed by atoms with Crippen LogP contribution in [-0.4, -0.2) is 11.7 Å². The van der Waals surface area contributed by atoms with Crippen LogP contribution in [0.5, 0.6) is 0 Å². The van der Waals surface area contributed by atoms with Crippen molar-refractivity contribution in [3.05, 3.63) is 28.3 Å². The third kappa shape index (κ3) is 3.92. The molecule has 0 heterocycles. The predicted molar refractivity (Wildman–Crippen MR) is 63.5 cm³/mol. The first-order valence-electron chi connectivity index (χ1n) is 4.83. The number of nitrogens with zero attached hydrogens (tertiary/aromatic N) is 1. The summed E-state index contributed by atoms with van der Waals surface area (Å²) in [5.74, 6) is -0.666. The Bertz CT molecular complexity index is 501. The number of alkyl halides is 7. The number of aliphatic imine (C=N–C) groups is 1. The van der Waals surface area contributed by atoms with Gasteiger partial charge in [-0.2, -0.15) is 26.3 Å². The van der Waals surface area contributed by atoms with Gasteiger partial charge in [0.2, 0.25) is 0 Å². The molecule has 1 rings (SSSR count). The molecule has 0 atom stereocenters. The fourth-order valence-corrected chi connectivity index (χ4v) is 1.67. The highest BCUT2D eigenvalue weighted by atomic mass is 35.5. The van der Waals surface area contributed by atoms with E-state index in [1.165, 1.54) is 0 Å². The zero-order chi connectivity index (χ0) is 15.7. The molecule has 1 aromatic carbocycles. The number of nitrogens with two attached hydrogens (primary N) is 1. The van der Waals surface area contributed by atoms with Crippen LogP contribution >= 0.6 is 23.2 Å². The number of benzene rings is 1. The number of hydrogen-bond donors (Lipinski definition) is 1. The fraction of sp³-hybridized carbons (Fsp3) is 0.300. The molecule has 0 saturated carbocycles. The lowest BCUT2D eigenvalue weighted by molar-refractivity contribution is -0.142. The van der Waals surface area contributed by atoms with Gasteiger partial charge in [-0.05, 0) is 12.1 Å². The Labute approximate surface area is 119 Å². The molecule has 0 unspecified atom stereocenters. The van der Waals surface area contributed by atoms with Gasteiger partial charge in [0.25, 0.3) is 0 Å². The second-order valence-corrected chi connectivity index (χ2v) is 4.23. The van der Waals surface area contributed by atoms with Gasteiger partial charge in [0, 0.05) is 0 Å². The van der Waals surface area contributed by atoms with Crippen molar-refractivity contribution in [2.24, 2.45) is 10.7 Å². The lowest BCUT2D eigenvalue weighted by Crippen LogP contribution is -2.14. The van der Waals surface area contributed by atoms with E-state index in [0.29, 0.717) is 12.1 Å². The van der Waals surface area contributed by atoms with Crippen molar-refractivity contribution in [3.8, 4) is 0 Å². The lowest BCUT2D eigenvalue weighted by Gasteiger charge is -2.15. The SMILES string of the molecule is NC(CCl)=Nc1cc(C(F)(F)F)c(Cl)c(C(F)(F)F)c1. The summed E-state index contributed by atoms with van der Waals surface area (Å²) in [5.41, 5.74) is 1.26. The van der Waals surface area contributed by atoms with Gasteiger partial charge in [-0.1, -0.05) is 11.6 Å². The average Bonchev–Trinajstić information content (AvgIpc) is 2.28. The molecule has 0 spiro atoms. The minimum absolute atomic E-state index is 0.324. The maximum absolute atomic E-state index is 12.7. The largest absolute Gasteiger partial charge is 0.417 e. The zero-order valence-electron chi connectivity index (χ0n) is 9.41. The van der Waals surface area contributed by atoms with Crippen LogP contribution in [0, 0.1) is 0 Å². The maximum Gasteiger partial charge on any atom is 0.417 e. The number of amidine groups is 1. The van der Waals surface area contributed by atoms with Gasteiger partial charge in [0.1, 0.15) is 5.84 Å². The Balaban J connectivity index is 3.59. The van der Waals surface area contributed by atoms with Crippen LogP contribution in [0.4, 0.5) is 32.0 Å². The van der Waals surface area contributed by atoms with Crippen molar-refractivity contribution >= 4 is 34.7 Å². The van der Waals surface area contributed by atoms with E-state index < -0.39 is 34.2 Å². The van der Waals surface area contributed by atoms with Crippen LogP contribution in [0.15, 0.2) is 17.1 Å². The molecule has 0 radical (unpaired) electrons. The molecule has 2 N–H and O–H groups in total. The van der Waals surface area contributed by atoms with Gasteiger partial charge in [0.05, 0.1) is 27.7 Å². The molecule has 2 nitrogen and oxygen atoms in total. The van der Waals surface area contributed by atoms with E-state index in [1.807, 2.05) is 0 Å². The van der Waals surface area contributed by atoms with Crippen molar-refractivity contribution < 1.29 is 26.3 Å². The molecule has 0 aliphatic heterocycles. The molecular formula is C10H6Cl2F6N2. The van der Waals surface area contributed by atoms with Gasteiger partial charge >= 0.3 is 12.4 Å². The van der Waals surface area contributed by atoms with Crippen LogP contribution in [0.25, 0.3) is 0 Å². The Morgan fingerprint density at radius 1 is 1.05 bits per heavy atom. The Morgan fingerprint density at radius 2 is 1.45 bits per heavy atom. The fourth-order valence-electron chi connectivity index (χ4n) is 1.28. The highest BCUT2D eigenvalue weighted by Crippen LogP contribution is 2.44. The summed E-state index contributed by atoms with van der Waals surface area (Å²) in [6.07, 6.45) is -10.1. The van der Waals surface area contributed by atoms with Crippen LogP contribution in [-0.2, 0) is 12.4 Å². The van der Waals surface area contributed by atoms with Crippen molar-refractivity contribution in [1.29, 1.82) is 0 Å². The molecule has 10 heteroatoms. The third-order valence-electron chi connectivity index (χ3n) is 2.08. The van der Waals surface area contributed by atoms with Crippen molar-refractivity contribution in [1.82, 2.24) is 0 Å². The predicted octanol–water partition coefficient (Wildman–Crippen LogP) is 4.61. The smallest absolute Gasteiger partial charge is 0.386 e. The van der Waals surface area contributed by atoms with Crippen LogP contribution in [0.1, 0.15) is 11.1 Å². The molecule has 0 aromatic heterocycles. The Kier molecular flexibility index (Phi) is 4.81. The molecule has 0 saturated heterocycles. The third-order valence-corrected chi connectivity index (χ3v) is 2.76. The van der Waals surface area contributed by atoms with E-state index in [0.717, 1.165) is 0 Å². The monoisotopic (exact) mass is 338 g/mol. The highest BCUT2D eigenvalue weighted by Gasteiger charge is 2.41. The molecule has 0 bridgehead atoms. The molecule has 20 heavy (non-hydrogen) atoms. The van der Waals surface area contributed by atoms with E-state index >= 15 is 0 Å². The summed E-state index contributed by atoms with van der Waals surface area (Å²) < 4.78 is 76.0. The van der Waals surface area contributed by atoms with Crippen molar-refractivity contribution in [3.63, 3.8) is 0 Å². The van der Waals surface area contributed by atoms with E-state index in [1.54, 1.807) is 0 Å². The Hall–Kier alpha value is -1.15. The van der Waals surface area contributed by atoms with Crippen LogP contribution < -0.4 is 5.73 Å². The van der Waals surface area contributed by atoms with E-state index in [2.05, 4.69) is 4.99 Å². The average molecular weight is 339 g/mol. The van der Waals surface area contributed by atoms with Gasteiger partial charge in [-0.25, -0.2) is 4.99 Å². The molecule has 0 fully saturated rings. The Morgan fingerprint density at radius 3 is 1.75 bits per heavy atom. The number of hydrogen-bond acceptors (Lipinski definition) is 1. The van der Waals surface area contributed by atoms with E-state index in [-0.39, 0.29) is 11.7 Å². The molecule has 112 valence electrons. The molecule has 0 amide bonds. The normalized spacial score (nSPS) is 13.7. The van der Waals surface area contributed by atoms with Crippen molar-refractivity contribution in [2.45, 2.75) is 12.4 Å². The summed E-state index contributed by atoms with van der Waals surface area (Å²) in [6, 6.07) is 0.744. The molecular weight excluding hydrogens is 333 g/mol. The standard InChI is InChI=1S/C10H6Cl2F6N2/c11-3-7(19)20-4-1-5(9(13,14)15)8(12)6(2-4)10(16,17)18/h1-2H,3H2,(H2,19,20). The molecule has 0 aliphatic rings. The lowest BCUT2D eigenvalue weighted by atomic mass is 10.1. The number of rotatable bonds is 2. The molecule has 0 aliphatic carbocycles. The van der Waals surface area contributed by atoms with Gasteiger partial charge < -0.3 is 5.73 Å². The maximum atomic E-state index is 12.7. The minimum atomic E-state index is -5.06. The second kappa shape index (κ2) is 5.69. The minimum Gasteiger partial charge on any atom is -0.386 e. The molecule has 1 aromatic rings. The highest BCUT2D eigenvalue weighted by molar-refractivity contribution is 6.32.